The molecule has 1 saturated heterocycles. The molecule has 0 spiro atoms. The van der Waals surface area contributed by atoms with E-state index in [9.17, 15) is 36.4 Å². The number of anilines is 1. The van der Waals surface area contributed by atoms with E-state index in [4.69, 9.17) is 23.2 Å². The van der Waals surface area contributed by atoms with Gasteiger partial charge in [0.05, 0.1) is 50.1 Å². The van der Waals surface area contributed by atoms with Gasteiger partial charge in [0.2, 0.25) is 0 Å². The minimum Gasteiger partial charge on any atom is -0.348 e. The molecule has 5 rings (SSSR count). The Labute approximate surface area is 262 Å². The summed E-state index contributed by atoms with van der Waals surface area (Å²) in [4.78, 5) is 27.8. The van der Waals surface area contributed by atoms with Gasteiger partial charge in [0, 0.05) is 6.04 Å². The van der Waals surface area contributed by atoms with Crippen molar-refractivity contribution in [1.82, 2.24) is 35.3 Å². The second-order valence-electron chi connectivity index (χ2n) is 10.00. The highest BCUT2D eigenvalue weighted by molar-refractivity contribution is 7.91. The standard InChI is InChI=1S/C26H20Cl2F3N9O4S/c1-13-7-14(10-32)8-17(23(41)33-15-5-6-45(43,44)12-15)21(13)34-24(42)20-9-16(11-39-37-25(35-38-39)26(29,30)31)36-40(20)22-18(27)3-2-4-19(22)28/h2-4,7-9,15H,5-6,11-12H2,1H3,(H,33,41)(H,34,42). The van der Waals surface area contributed by atoms with Crippen molar-refractivity contribution >= 4 is 50.5 Å². The second-order valence-corrected chi connectivity index (χ2v) is 13.0. The van der Waals surface area contributed by atoms with E-state index in [1.807, 2.05) is 6.07 Å². The van der Waals surface area contributed by atoms with Gasteiger partial charge in [-0.3, -0.25) is 9.59 Å². The van der Waals surface area contributed by atoms with Gasteiger partial charge in [0.25, 0.3) is 17.6 Å². The van der Waals surface area contributed by atoms with E-state index < -0.39 is 46.2 Å². The van der Waals surface area contributed by atoms with E-state index in [0.717, 1.165) is 4.68 Å². The van der Waals surface area contributed by atoms with Gasteiger partial charge >= 0.3 is 6.18 Å². The van der Waals surface area contributed by atoms with Crippen LogP contribution >= 0.6 is 23.2 Å². The zero-order valence-electron chi connectivity index (χ0n) is 22.9. The van der Waals surface area contributed by atoms with Crippen molar-refractivity contribution in [2.24, 2.45) is 0 Å². The molecule has 1 aliphatic heterocycles. The molecular formula is C26H20Cl2F3N9O4S. The summed E-state index contributed by atoms with van der Waals surface area (Å²) in [6.07, 6.45) is -4.62. The SMILES string of the molecule is Cc1cc(C#N)cc(C(=O)NC2CCS(=O)(=O)C2)c1NC(=O)c1cc(Cn2nnc(C(F)(F)F)n2)nn1-c1c(Cl)cccc1Cl. The molecule has 1 atom stereocenters. The number of alkyl halides is 3. The average molecular weight is 682 g/mol. The van der Waals surface area contributed by atoms with E-state index in [1.165, 1.54) is 30.3 Å². The molecule has 4 aromatic rings. The minimum atomic E-state index is -4.83. The fourth-order valence-electron chi connectivity index (χ4n) is 4.65. The number of rotatable bonds is 7. The van der Waals surface area contributed by atoms with Gasteiger partial charge in [-0.25, -0.2) is 13.1 Å². The van der Waals surface area contributed by atoms with Crippen molar-refractivity contribution in [1.29, 1.82) is 5.26 Å². The van der Waals surface area contributed by atoms with Crippen molar-refractivity contribution in [3.63, 3.8) is 0 Å². The third-order valence-electron chi connectivity index (χ3n) is 6.67. The highest BCUT2D eigenvalue weighted by Gasteiger charge is 2.37. The van der Waals surface area contributed by atoms with Crippen LogP contribution in [0, 0.1) is 18.3 Å². The smallest absolute Gasteiger partial charge is 0.348 e. The summed E-state index contributed by atoms with van der Waals surface area (Å²) in [5.41, 5.74) is 0.287. The number of para-hydroxylation sites is 1. The lowest BCUT2D eigenvalue weighted by Crippen LogP contribution is -2.36. The number of tetrazole rings is 1. The Morgan fingerprint density at radius 2 is 1.84 bits per heavy atom. The lowest BCUT2D eigenvalue weighted by Gasteiger charge is -2.17. The summed E-state index contributed by atoms with van der Waals surface area (Å²) < 4.78 is 63.9. The Kier molecular flexibility index (Phi) is 8.58. The molecule has 2 N–H and O–H groups in total. The quantitative estimate of drug-likeness (QED) is 0.295. The molecule has 2 amide bonds. The van der Waals surface area contributed by atoms with Gasteiger partial charge in [-0.2, -0.15) is 28.3 Å². The van der Waals surface area contributed by atoms with E-state index in [1.54, 1.807) is 13.0 Å². The number of nitrogens with one attached hydrogen (secondary N) is 2. The Morgan fingerprint density at radius 3 is 2.44 bits per heavy atom. The molecule has 0 saturated carbocycles. The first-order valence-electron chi connectivity index (χ1n) is 12.9. The summed E-state index contributed by atoms with van der Waals surface area (Å²) in [5.74, 6) is -3.35. The highest BCUT2D eigenvalue weighted by Crippen LogP contribution is 2.31. The first-order valence-corrected chi connectivity index (χ1v) is 15.5. The number of hydrogen-bond acceptors (Lipinski definition) is 9. The molecule has 2 aromatic heterocycles. The molecule has 13 nitrogen and oxygen atoms in total. The van der Waals surface area contributed by atoms with Crippen LogP contribution in [0.2, 0.25) is 10.0 Å². The summed E-state index contributed by atoms with van der Waals surface area (Å²) in [7, 11) is -3.31. The number of benzene rings is 2. The predicted octanol–water partition coefficient (Wildman–Crippen LogP) is 3.58. The Morgan fingerprint density at radius 1 is 1.13 bits per heavy atom. The van der Waals surface area contributed by atoms with Gasteiger partial charge < -0.3 is 10.6 Å². The number of amides is 2. The number of carbonyl (C=O) groups is 2. The average Bonchev–Trinajstić information content (AvgIpc) is 3.68. The van der Waals surface area contributed by atoms with Crippen molar-refractivity contribution < 1.29 is 31.2 Å². The predicted molar refractivity (Wildman–Crippen MR) is 154 cm³/mol. The number of aryl methyl sites for hydroxylation is 1. The molecule has 0 aliphatic carbocycles. The van der Waals surface area contributed by atoms with Gasteiger partial charge in [0.1, 0.15) is 17.9 Å². The summed E-state index contributed by atoms with van der Waals surface area (Å²) in [6, 6.07) is 9.74. The largest absolute Gasteiger partial charge is 0.455 e. The van der Waals surface area contributed by atoms with Crippen molar-refractivity contribution in [2.75, 3.05) is 16.8 Å². The zero-order valence-corrected chi connectivity index (χ0v) is 25.3. The summed E-state index contributed by atoms with van der Waals surface area (Å²) >= 11 is 12.8. The molecule has 0 radical (unpaired) electrons. The molecule has 1 fully saturated rings. The summed E-state index contributed by atoms with van der Waals surface area (Å²) in [6.45, 7) is 1.13. The van der Waals surface area contributed by atoms with Crippen LogP contribution in [-0.4, -0.2) is 67.8 Å². The second kappa shape index (κ2) is 12.1. The maximum absolute atomic E-state index is 13.8. The number of halogens is 5. The third-order valence-corrected chi connectivity index (χ3v) is 9.05. The van der Waals surface area contributed by atoms with E-state index in [2.05, 4.69) is 31.1 Å². The van der Waals surface area contributed by atoms with Gasteiger partial charge in [0.15, 0.2) is 9.84 Å². The van der Waals surface area contributed by atoms with Crippen LogP contribution in [0.1, 0.15) is 49.9 Å². The molecule has 1 aliphatic rings. The van der Waals surface area contributed by atoms with Crippen LogP contribution in [-0.2, 0) is 22.6 Å². The molecular weight excluding hydrogens is 662 g/mol. The third kappa shape index (κ3) is 6.92. The lowest BCUT2D eigenvalue weighted by atomic mass is 10.0. The monoisotopic (exact) mass is 681 g/mol. The fourth-order valence-corrected chi connectivity index (χ4v) is 6.88. The van der Waals surface area contributed by atoms with Crippen LogP contribution in [0.25, 0.3) is 5.69 Å². The lowest BCUT2D eigenvalue weighted by molar-refractivity contribution is -0.145. The maximum atomic E-state index is 13.8. The van der Waals surface area contributed by atoms with Crippen LogP contribution in [0.15, 0.2) is 36.4 Å². The van der Waals surface area contributed by atoms with Crippen molar-refractivity contribution in [3.8, 4) is 11.8 Å². The van der Waals surface area contributed by atoms with Crippen LogP contribution in [0.4, 0.5) is 18.9 Å². The van der Waals surface area contributed by atoms with Gasteiger partial charge in [-0.15, -0.1) is 10.2 Å². The molecule has 0 bridgehead atoms. The number of aromatic nitrogens is 6. The topological polar surface area (TPSA) is 178 Å². The number of hydrogen-bond donors (Lipinski definition) is 2. The molecule has 45 heavy (non-hydrogen) atoms. The number of nitrogens with zero attached hydrogens (tertiary/aromatic N) is 7. The number of sulfone groups is 1. The van der Waals surface area contributed by atoms with E-state index >= 15 is 0 Å². The first kappa shape index (κ1) is 31.9. The number of carbonyl (C=O) groups excluding carboxylic acids is 2. The zero-order chi connectivity index (χ0) is 32.7. The molecule has 2 aromatic carbocycles. The summed E-state index contributed by atoms with van der Waals surface area (Å²) in [5, 5.41) is 29.0. The molecule has 3 heterocycles. The Bertz CT molecular complexity index is 1970. The molecule has 1 unspecified atom stereocenters. The van der Waals surface area contributed by atoms with Gasteiger partial charge in [-0.05, 0) is 54.5 Å². The minimum absolute atomic E-state index is 0.0182. The van der Waals surface area contributed by atoms with Crippen molar-refractivity contribution in [3.05, 3.63) is 80.3 Å². The van der Waals surface area contributed by atoms with Gasteiger partial charge in [-0.1, -0.05) is 29.3 Å². The normalized spacial score (nSPS) is 15.9. The molecule has 19 heteroatoms. The van der Waals surface area contributed by atoms with E-state index in [-0.39, 0.29) is 61.9 Å². The Hall–Kier alpha value is -4.53. The number of nitriles is 1. The van der Waals surface area contributed by atoms with Crippen LogP contribution in [0.5, 0.6) is 0 Å². The van der Waals surface area contributed by atoms with Crippen LogP contribution in [0.3, 0.4) is 0 Å². The van der Waals surface area contributed by atoms with Crippen LogP contribution < -0.4 is 10.6 Å². The van der Waals surface area contributed by atoms with Crippen molar-refractivity contribution in [2.45, 2.75) is 32.1 Å². The fraction of sp³-hybridized carbons (Fsp3) is 0.269. The maximum Gasteiger partial charge on any atom is 0.455 e. The highest BCUT2D eigenvalue weighted by atomic mass is 35.5. The van der Waals surface area contributed by atoms with E-state index in [0.29, 0.717) is 10.4 Å². The Balaban J connectivity index is 1.53. The molecule has 234 valence electrons. The first-order chi connectivity index (χ1) is 21.1.